The standard InChI is InChI=1S/C33H43N7O2/c1-4-30(41)40-19-18-39(20-25(40)13-15-34)32-27-14-17-38(29-12-6-10-24-9-5-8-23(2)31(24)29)21-28(27)35-33(36-32)42-22-26-11-7-16-37(26)3/h4,6,10,12,23,25-26H,1,5,7-9,11,13-14,16-22H2,2-3H3/t23?,25-,26-/m0/s1. The van der Waals surface area contributed by atoms with Crippen LogP contribution in [0.25, 0.3) is 0 Å². The normalized spacial score (nSPS) is 24.1. The van der Waals surface area contributed by atoms with E-state index in [0.717, 1.165) is 49.4 Å². The first-order valence-electron chi connectivity index (χ1n) is 15.6. The molecule has 2 aromatic rings. The quantitative estimate of drug-likeness (QED) is 0.461. The molecule has 3 aliphatic heterocycles. The van der Waals surface area contributed by atoms with Gasteiger partial charge in [0.1, 0.15) is 12.4 Å². The summed E-state index contributed by atoms with van der Waals surface area (Å²) in [5.41, 5.74) is 6.51. The average Bonchev–Trinajstić information content (AvgIpc) is 3.43. The number of benzene rings is 1. The van der Waals surface area contributed by atoms with Crippen LogP contribution in [0.1, 0.15) is 67.3 Å². The molecule has 9 heteroatoms. The maximum atomic E-state index is 12.5. The molecule has 3 atom stereocenters. The van der Waals surface area contributed by atoms with Crippen LogP contribution in [-0.2, 0) is 24.2 Å². The lowest BCUT2D eigenvalue weighted by atomic mass is 9.82. The topological polar surface area (TPSA) is 88.8 Å². The maximum absolute atomic E-state index is 12.5. The summed E-state index contributed by atoms with van der Waals surface area (Å²) in [6, 6.07) is 9.65. The molecule has 1 aromatic carbocycles. The fraction of sp³-hybridized carbons (Fsp3) is 0.576. The van der Waals surface area contributed by atoms with Crippen LogP contribution in [-0.4, -0.2) is 84.1 Å². The fourth-order valence-electron chi connectivity index (χ4n) is 7.42. The number of anilines is 2. The van der Waals surface area contributed by atoms with Crippen LogP contribution in [0.4, 0.5) is 11.5 Å². The fourth-order valence-corrected chi connectivity index (χ4v) is 7.42. The zero-order chi connectivity index (χ0) is 29.2. The lowest BCUT2D eigenvalue weighted by Crippen LogP contribution is -2.55. The molecule has 4 aliphatic rings. The number of ether oxygens (including phenoxy) is 1. The number of rotatable bonds is 7. The van der Waals surface area contributed by atoms with E-state index in [9.17, 15) is 10.1 Å². The molecule has 1 amide bonds. The number of nitriles is 1. The van der Waals surface area contributed by atoms with Gasteiger partial charge in [0.25, 0.3) is 0 Å². The summed E-state index contributed by atoms with van der Waals surface area (Å²) >= 11 is 0. The van der Waals surface area contributed by atoms with E-state index in [2.05, 4.69) is 59.5 Å². The van der Waals surface area contributed by atoms with Gasteiger partial charge in [0, 0.05) is 43.5 Å². The number of amides is 1. The third-order valence-corrected chi connectivity index (χ3v) is 9.76. The van der Waals surface area contributed by atoms with Crippen LogP contribution < -0.4 is 14.5 Å². The van der Waals surface area contributed by atoms with Crippen LogP contribution in [0.15, 0.2) is 30.9 Å². The minimum Gasteiger partial charge on any atom is -0.462 e. The molecule has 0 saturated carbocycles. The molecule has 9 nitrogen and oxygen atoms in total. The Bertz CT molecular complexity index is 1370. The largest absolute Gasteiger partial charge is 0.462 e. The molecule has 222 valence electrons. The Balaban J connectivity index is 1.32. The Hall–Kier alpha value is -3.64. The highest BCUT2D eigenvalue weighted by Gasteiger charge is 2.34. The zero-order valence-corrected chi connectivity index (χ0v) is 25.1. The molecule has 2 saturated heterocycles. The van der Waals surface area contributed by atoms with E-state index in [4.69, 9.17) is 14.7 Å². The molecule has 4 heterocycles. The van der Waals surface area contributed by atoms with E-state index in [1.54, 1.807) is 4.90 Å². The molecule has 1 aromatic heterocycles. The number of aryl methyl sites for hydroxylation is 1. The van der Waals surface area contributed by atoms with Gasteiger partial charge in [-0.1, -0.05) is 25.6 Å². The van der Waals surface area contributed by atoms with Gasteiger partial charge in [0.05, 0.1) is 30.8 Å². The molecule has 6 rings (SSSR count). The van der Waals surface area contributed by atoms with Crippen molar-refractivity contribution in [2.45, 2.75) is 76.4 Å². The van der Waals surface area contributed by atoms with Crippen molar-refractivity contribution >= 4 is 17.4 Å². The summed E-state index contributed by atoms with van der Waals surface area (Å²) in [6.45, 7) is 11.0. The van der Waals surface area contributed by atoms with E-state index in [1.165, 1.54) is 42.2 Å². The van der Waals surface area contributed by atoms with Gasteiger partial charge in [-0.3, -0.25) is 4.79 Å². The van der Waals surface area contributed by atoms with Crippen molar-refractivity contribution in [2.24, 2.45) is 0 Å². The summed E-state index contributed by atoms with van der Waals surface area (Å²) in [4.78, 5) is 31.4. The number of likely N-dealkylation sites (N-methyl/N-ethyl adjacent to an activating group) is 1. The summed E-state index contributed by atoms with van der Waals surface area (Å²) in [5, 5.41) is 9.53. The van der Waals surface area contributed by atoms with Gasteiger partial charge in [0.15, 0.2) is 0 Å². The van der Waals surface area contributed by atoms with E-state index in [-0.39, 0.29) is 18.4 Å². The van der Waals surface area contributed by atoms with Crippen LogP contribution >= 0.6 is 0 Å². The second kappa shape index (κ2) is 12.3. The molecule has 0 bridgehead atoms. The Morgan fingerprint density at radius 3 is 2.79 bits per heavy atom. The molecular formula is C33H43N7O2. The van der Waals surface area contributed by atoms with E-state index >= 15 is 0 Å². The van der Waals surface area contributed by atoms with E-state index in [0.29, 0.717) is 50.8 Å². The van der Waals surface area contributed by atoms with Crippen molar-refractivity contribution in [3.63, 3.8) is 0 Å². The molecule has 1 aliphatic carbocycles. The zero-order valence-electron chi connectivity index (χ0n) is 25.1. The second-order valence-corrected chi connectivity index (χ2v) is 12.4. The smallest absolute Gasteiger partial charge is 0.318 e. The van der Waals surface area contributed by atoms with Gasteiger partial charge in [-0.25, -0.2) is 0 Å². The summed E-state index contributed by atoms with van der Waals surface area (Å²) < 4.78 is 6.32. The second-order valence-electron chi connectivity index (χ2n) is 12.4. The number of carbonyl (C=O) groups excluding carboxylic acids is 1. The molecule has 42 heavy (non-hydrogen) atoms. The molecule has 0 N–H and O–H groups in total. The minimum atomic E-state index is -0.214. The Morgan fingerprint density at radius 1 is 1.12 bits per heavy atom. The molecule has 0 spiro atoms. The first-order chi connectivity index (χ1) is 20.5. The van der Waals surface area contributed by atoms with Gasteiger partial charge in [-0.05, 0) is 81.3 Å². The highest BCUT2D eigenvalue weighted by atomic mass is 16.5. The first-order valence-corrected chi connectivity index (χ1v) is 15.6. The monoisotopic (exact) mass is 569 g/mol. The van der Waals surface area contributed by atoms with E-state index < -0.39 is 0 Å². The minimum absolute atomic E-state index is 0.125. The molecule has 1 unspecified atom stereocenters. The third-order valence-electron chi connectivity index (χ3n) is 9.76. The first kappa shape index (κ1) is 28.5. The maximum Gasteiger partial charge on any atom is 0.318 e. The molecule has 0 radical (unpaired) electrons. The van der Waals surface area contributed by atoms with E-state index in [1.807, 2.05) is 0 Å². The Labute approximate surface area is 249 Å². The van der Waals surface area contributed by atoms with Gasteiger partial charge < -0.3 is 24.3 Å². The average molecular weight is 570 g/mol. The van der Waals surface area contributed by atoms with Gasteiger partial charge in [-0.15, -0.1) is 0 Å². The van der Waals surface area contributed by atoms with Crippen LogP contribution in [0, 0.1) is 11.3 Å². The van der Waals surface area contributed by atoms with Crippen LogP contribution in [0.2, 0.25) is 0 Å². The van der Waals surface area contributed by atoms with Crippen molar-refractivity contribution in [3.8, 4) is 12.1 Å². The lowest BCUT2D eigenvalue weighted by Gasteiger charge is -2.42. The Morgan fingerprint density at radius 2 is 2.00 bits per heavy atom. The number of aromatic nitrogens is 2. The summed E-state index contributed by atoms with van der Waals surface area (Å²) in [6.07, 6.45) is 8.40. The third kappa shape index (κ3) is 5.57. The number of fused-ring (bicyclic) bond motifs is 2. The predicted molar refractivity (Wildman–Crippen MR) is 164 cm³/mol. The van der Waals surface area contributed by atoms with Crippen molar-refractivity contribution < 1.29 is 9.53 Å². The van der Waals surface area contributed by atoms with Crippen molar-refractivity contribution in [1.82, 2.24) is 19.8 Å². The number of carbonyl (C=O) groups is 1. The summed E-state index contributed by atoms with van der Waals surface area (Å²) in [5.74, 6) is 1.33. The number of hydrogen-bond acceptors (Lipinski definition) is 8. The molecular weight excluding hydrogens is 526 g/mol. The van der Waals surface area contributed by atoms with Crippen LogP contribution in [0.5, 0.6) is 6.01 Å². The van der Waals surface area contributed by atoms with Gasteiger partial charge in [0.2, 0.25) is 5.91 Å². The number of likely N-dealkylation sites (tertiary alicyclic amines) is 1. The van der Waals surface area contributed by atoms with Crippen molar-refractivity contribution in [3.05, 3.63) is 53.2 Å². The highest BCUT2D eigenvalue weighted by molar-refractivity contribution is 5.87. The van der Waals surface area contributed by atoms with Gasteiger partial charge >= 0.3 is 6.01 Å². The highest BCUT2D eigenvalue weighted by Crippen LogP contribution is 2.40. The lowest BCUT2D eigenvalue weighted by molar-refractivity contribution is -0.128. The number of nitrogens with zero attached hydrogens (tertiary/aromatic N) is 7. The number of hydrogen-bond donors (Lipinski definition) is 0. The van der Waals surface area contributed by atoms with Crippen molar-refractivity contribution in [1.29, 1.82) is 5.26 Å². The van der Waals surface area contributed by atoms with Gasteiger partial charge in [-0.2, -0.15) is 15.2 Å². The van der Waals surface area contributed by atoms with Crippen molar-refractivity contribution in [2.75, 3.05) is 56.2 Å². The molecule has 2 fully saturated rings. The summed E-state index contributed by atoms with van der Waals surface area (Å²) in [7, 11) is 2.15. The SMILES string of the molecule is C=CC(=O)N1CCN(c2nc(OC[C@@H]3CCCN3C)nc3c2CCN(c2cccc4c2C(C)CCC4)C3)C[C@@H]1CC#N. The number of piperazine rings is 1. The Kier molecular flexibility index (Phi) is 8.34. The predicted octanol–water partition coefficient (Wildman–Crippen LogP) is 4.07. The van der Waals surface area contributed by atoms with Crippen LogP contribution in [0.3, 0.4) is 0 Å².